The number of aromatic amines is 1. The molecule has 2 heterocycles. The minimum Gasteiger partial charge on any atom is -0.508 e. The van der Waals surface area contributed by atoms with Gasteiger partial charge in [-0.2, -0.15) is 8.42 Å². The smallest absolute Gasteiger partial charge is 0.261 e. The van der Waals surface area contributed by atoms with Crippen LogP contribution in [0, 0.1) is 0 Å². The van der Waals surface area contributed by atoms with Crippen molar-refractivity contribution >= 4 is 39.0 Å². The third-order valence-corrected chi connectivity index (χ3v) is 5.36. The van der Waals surface area contributed by atoms with Gasteiger partial charge >= 0.3 is 0 Å². The quantitative estimate of drug-likeness (QED) is 0.345. The van der Waals surface area contributed by atoms with Crippen LogP contribution in [-0.2, 0) is 16.5 Å². The molecular formula is C24H31ClN2O4S. The van der Waals surface area contributed by atoms with Crippen molar-refractivity contribution in [2.75, 3.05) is 25.9 Å². The highest BCUT2D eigenvalue weighted by molar-refractivity contribution is 7.85. The summed E-state index contributed by atoms with van der Waals surface area (Å²) in [7, 11) is -3.67. The lowest BCUT2D eigenvalue weighted by atomic mass is 9.99. The molecule has 0 spiro atoms. The fourth-order valence-electron chi connectivity index (χ4n) is 3.85. The SMILES string of the molecule is CS(=O)(=O)O.Cl.Oc1ccc2[nH]cc(CCCCN3CC=C(c4ccccc4)CC3)c2c1. The Hall–Kier alpha value is -2.32. The predicted octanol–water partition coefficient (Wildman–Crippen LogP) is 4.91. The Morgan fingerprint density at radius 1 is 1.09 bits per heavy atom. The summed E-state index contributed by atoms with van der Waals surface area (Å²) in [5, 5.41) is 10.8. The molecule has 1 aromatic heterocycles. The van der Waals surface area contributed by atoms with E-state index in [-0.39, 0.29) is 12.4 Å². The predicted molar refractivity (Wildman–Crippen MR) is 133 cm³/mol. The van der Waals surface area contributed by atoms with E-state index in [1.807, 2.05) is 12.1 Å². The summed E-state index contributed by atoms with van der Waals surface area (Å²) < 4.78 is 25.9. The average Bonchev–Trinajstić information content (AvgIpc) is 3.13. The number of rotatable bonds is 6. The van der Waals surface area contributed by atoms with Gasteiger partial charge in [0.15, 0.2) is 0 Å². The summed E-state index contributed by atoms with van der Waals surface area (Å²) >= 11 is 0. The normalized spacial score (nSPS) is 14.2. The first-order valence-corrected chi connectivity index (χ1v) is 12.3. The van der Waals surface area contributed by atoms with Gasteiger partial charge in [-0.1, -0.05) is 36.4 Å². The van der Waals surface area contributed by atoms with Crippen molar-refractivity contribution in [3.63, 3.8) is 0 Å². The molecule has 6 nitrogen and oxygen atoms in total. The first-order chi connectivity index (χ1) is 14.8. The molecule has 0 radical (unpaired) electrons. The number of nitrogens with one attached hydrogen (secondary N) is 1. The van der Waals surface area contributed by atoms with Crippen LogP contribution in [0.2, 0.25) is 0 Å². The lowest BCUT2D eigenvalue weighted by Gasteiger charge is -2.26. The Kier molecular flexibility index (Phi) is 9.78. The zero-order valence-corrected chi connectivity index (χ0v) is 19.8. The lowest BCUT2D eigenvalue weighted by Crippen LogP contribution is -2.29. The molecule has 1 aliphatic heterocycles. The number of unbranched alkanes of at least 4 members (excludes halogenated alkanes) is 1. The molecule has 0 atom stereocenters. The Morgan fingerprint density at radius 3 is 2.47 bits per heavy atom. The maximum absolute atomic E-state index is 9.69. The van der Waals surface area contributed by atoms with Crippen LogP contribution >= 0.6 is 12.4 Å². The van der Waals surface area contributed by atoms with E-state index in [4.69, 9.17) is 4.55 Å². The number of nitrogens with zero attached hydrogens (tertiary/aromatic N) is 1. The molecule has 3 aromatic rings. The topological polar surface area (TPSA) is 93.6 Å². The van der Waals surface area contributed by atoms with E-state index in [0.29, 0.717) is 12.0 Å². The number of H-pyrrole nitrogens is 1. The molecule has 2 aromatic carbocycles. The van der Waals surface area contributed by atoms with Gasteiger partial charge in [-0.05, 0) is 67.1 Å². The first kappa shape index (κ1) is 25.9. The van der Waals surface area contributed by atoms with Crippen molar-refractivity contribution in [2.24, 2.45) is 0 Å². The van der Waals surface area contributed by atoms with Crippen LogP contribution in [0.1, 0.15) is 30.4 Å². The van der Waals surface area contributed by atoms with Gasteiger partial charge in [0.25, 0.3) is 10.1 Å². The second-order valence-electron chi connectivity index (χ2n) is 7.88. The molecule has 0 unspecified atom stereocenters. The Morgan fingerprint density at radius 2 is 1.81 bits per heavy atom. The van der Waals surface area contributed by atoms with Crippen LogP contribution in [0.3, 0.4) is 0 Å². The summed E-state index contributed by atoms with van der Waals surface area (Å²) in [6, 6.07) is 16.3. The lowest BCUT2D eigenvalue weighted by molar-refractivity contribution is 0.295. The fourth-order valence-corrected chi connectivity index (χ4v) is 3.85. The number of phenolic OH excluding ortho intramolecular Hbond substituents is 1. The Balaban J connectivity index is 0.000000548. The van der Waals surface area contributed by atoms with E-state index < -0.39 is 10.1 Å². The molecule has 0 bridgehead atoms. The second-order valence-corrected chi connectivity index (χ2v) is 9.35. The number of benzene rings is 2. The number of aromatic nitrogens is 1. The maximum atomic E-state index is 9.69. The zero-order valence-electron chi connectivity index (χ0n) is 18.2. The van der Waals surface area contributed by atoms with Crippen LogP contribution in [0.15, 0.2) is 60.8 Å². The molecule has 8 heteroatoms. The summed E-state index contributed by atoms with van der Waals surface area (Å²) in [6.45, 7) is 3.37. The van der Waals surface area contributed by atoms with E-state index in [2.05, 4.69) is 52.5 Å². The Labute approximate surface area is 196 Å². The van der Waals surface area contributed by atoms with Crippen molar-refractivity contribution in [3.8, 4) is 5.75 Å². The molecule has 174 valence electrons. The number of aryl methyl sites for hydroxylation is 1. The molecular weight excluding hydrogens is 448 g/mol. The van der Waals surface area contributed by atoms with Crippen LogP contribution in [0.4, 0.5) is 0 Å². The number of phenols is 1. The van der Waals surface area contributed by atoms with Crippen molar-refractivity contribution in [1.82, 2.24) is 9.88 Å². The van der Waals surface area contributed by atoms with E-state index in [1.165, 1.54) is 29.5 Å². The summed E-state index contributed by atoms with van der Waals surface area (Å²) in [6.07, 6.45) is 9.77. The van der Waals surface area contributed by atoms with Crippen molar-refractivity contribution < 1.29 is 18.1 Å². The molecule has 0 amide bonds. The molecule has 32 heavy (non-hydrogen) atoms. The van der Waals surface area contributed by atoms with Crippen LogP contribution in [0.25, 0.3) is 16.5 Å². The molecule has 0 saturated carbocycles. The second kappa shape index (κ2) is 12.1. The van der Waals surface area contributed by atoms with E-state index in [1.54, 1.807) is 6.07 Å². The largest absolute Gasteiger partial charge is 0.508 e. The summed E-state index contributed by atoms with van der Waals surface area (Å²) in [4.78, 5) is 5.85. The molecule has 1 aliphatic rings. The standard InChI is InChI=1S/C23H26N2O.CH4O3S.ClH/c26-21-9-10-23-22(16-21)20(17-24-23)8-4-5-13-25-14-11-19(12-15-25)18-6-2-1-3-7-18;1-5(2,3)4;/h1-3,6-7,9-11,16-17,24,26H,4-5,8,12-15H2;1H3,(H,2,3,4);1H. The van der Waals surface area contributed by atoms with E-state index in [9.17, 15) is 13.5 Å². The van der Waals surface area contributed by atoms with E-state index >= 15 is 0 Å². The third-order valence-electron chi connectivity index (χ3n) is 5.36. The molecule has 0 aliphatic carbocycles. The molecule has 3 N–H and O–H groups in total. The van der Waals surface area contributed by atoms with Crippen LogP contribution < -0.4 is 0 Å². The van der Waals surface area contributed by atoms with Gasteiger partial charge in [-0.15, -0.1) is 12.4 Å². The van der Waals surface area contributed by atoms with Gasteiger partial charge in [0.2, 0.25) is 0 Å². The van der Waals surface area contributed by atoms with Crippen LogP contribution in [0.5, 0.6) is 5.75 Å². The minimum absolute atomic E-state index is 0. The monoisotopic (exact) mass is 478 g/mol. The molecule has 0 saturated heterocycles. The van der Waals surface area contributed by atoms with Gasteiger partial charge in [-0.3, -0.25) is 9.45 Å². The number of hydrogen-bond donors (Lipinski definition) is 3. The van der Waals surface area contributed by atoms with Gasteiger partial charge in [0.05, 0.1) is 6.26 Å². The number of aromatic hydroxyl groups is 1. The first-order valence-electron chi connectivity index (χ1n) is 10.5. The van der Waals surface area contributed by atoms with Gasteiger partial charge in [-0.25, -0.2) is 0 Å². The highest BCUT2D eigenvalue weighted by Crippen LogP contribution is 2.25. The van der Waals surface area contributed by atoms with Crippen molar-refractivity contribution in [1.29, 1.82) is 0 Å². The Bertz CT molecular complexity index is 1120. The fraction of sp³-hybridized carbons (Fsp3) is 0.333. The summed E-state index contributed by atoms with van der Waals surface area (Å²) in [5.41, 5.74) is 5.27. The highest BCUT2D eigenvalue weighted by Gasteiger charge is 2.12. The minimum atomic E-state index is -3.67. The van der Waals surface area contributed by atoms with Crippen LogP contribution in [-0.4, -0.2) is 53.9 Å². The maximum Gasteiger partial charge on any atom is 0.261 e. The zero-order chi connectivity index (χ0) is 22.3. The van der Waals surface area contributed by atoms with Gasteiger partial charge in [0.1, 0.15) is 5.75 Å². The summed E-state index contributed by atoms with van der Waals surface area (Å²) in [5.74, 6) is 0.340. The highest BCUT2D eigenvalue weighted by atomic mass is 35.5. The number of fused-ring (bicyclic) bond motifs is 1. The van der Waals surface area contributed by atoms with Gasteiger partial charge < -0.3 is 10.1 Å². The van der Waals surface area contributed by atoms with Gasteiger partial charge in [0, 0.05) is 30.2 Å². The molecule has 0 fully saturated rings. The molecule has 4 rings (SSSR count). The van der Waals surface area contributed by atoms with Crippen molar-refractivity contribution in [3.05, 3.63) is 71.9 Å². The average molecular weight is 479 g/mol. The third kappa shape index (κ3) is 8.31. The van der Waals surface area contributed by atoms with E-state index in [0.717, 1.165) is 43.4 Å². The number of halogens is 1. The van der Waals surface area contributed by atoms with Crippen molar-refractivity contribution in [2.45, 2.75) is 25.7 Å². The number of hydrogen-bond acceptors (Lipinski definition) is 4.